The summed E-state index contributed by atoms with van der Waals surface area (Å²) < 4.78 is 15.6. The Labute approximate surface area is 191 Å². The van der Waals surface area contributed by atoms with Crippen LogP contribution in [0.3, 0.4) is 0 Å². The molecule has 1 atom stereocenters. The van der Waals surface area contributed by atoms with E-state index in [9.17, 15) is 14.4 Å². The quantitative estimate of drug-likeness (QED) is 0.205. The van der Waals surface area contributed by atoms with Crippen LogP contribution in [-0.4, -0.2) is 60.2 Å². The third-order valence-corrected chi connectivity index (χ3v) is 3.24. The molecule has 0 radical (unpaired) electrons. The lowest BCUT2D eigenvalue weighted by Crippen LogP contribution is -2.45. The van der Waals surface area contributed by atoms with E-state index in [2.05, 4.69) is 20.9 Å². The van der Waals surface area contributed by atoms with Crippen LogP contribution < -0.4 is 21.7 Å². The molecule has 0 bridgehead atoms. The van der Waals surface area contributed by atoms with Gasteiger partial charge in [-0.2, -0.15) is 0 Å². The topological polar surface area (TPSA) is 153 Å². The molecule has 3 amide bonds. The number of guanidine groups is 1. The van der Waals surface area contributed by atoms with Crippen molar-refractivity contribution in [2.45, 2.75) is 98.0 Å². The lowest BCUT2D eigenvalue weighted by Gasteiger charge is -2.23. The van der Waals surface area contributed by atoms with Crippen LogP contribution >= 0.6 is 0 Å². The number of carbonyl (C=O) groups is 3. The van der Waals surface area contributed by atoms with Gasteiger partial charge in [0.25, 0.3) is 0 Å². The van der Waals surface area contributed by atoms with Gasteiger partial charge in [-0.1, -0.05) is 0 Å². The Bertz CT molecular complexity index is 659. The first-order valence-electron chi connectivity index (χ1n) is 10.7. The molecule has 0 saturated carbocycles. The summed E-state index contributed by atoms with van der Waals surface area (Å²) in [5.41, 5.74) is 3.66. The Morgan fingerprint density at radius 1 is 0.844 bits per heavy atom. The normalized spacial score (nSPS) is 13.6. The zero-order chi connectivity index (χ0) is 25.2. The van der Waals surface area contributed by atoms with Gasteiger partial charge in [-0.25, -0.2) is 14.4 Å². The molecule has 0 rings (SSSR count). The van der Waals surface area contributed by atoms with Crippen molar-refractivity contribution >= 4 is 24.2 Å². The summed E-state index contributed by atoms with van der Waals surface area (Å²) >= 11 is 0. The molecule has 5 N–H and O–H groups in total. The molecule has 0 heterocycles. The van der Waals surface area contributed by atoms with Crippen LogP contribution in [0.25, 0.3) is 0 Å². The number of hydrogen-bond donors (Lipinski definition) is 4. The van der Waals surface area contributed by atoms with Gasteiger partial charge in [-0.15, -0.1) is 4.99 Å². The van der Waals surface area contributed by atoms with Crippen molar-refractivity contribution in [2.75, 3.05) is 13.1 Å². The second-order valence-electron chi connectivity index (χ2n) is 10.2. The Morgan fingerprint density at radius 2 is 1.34 bits per heavy atom. The number of nitrogens with one attached hydrogen (secondary N) is 3. The third kappa shape index (κ3) is 17.2. The van der Waals surface area contributed by atoms with Gasteiger partial charge in [0, 0.05) is 19.1 Å². The zero-order valence-corrected chi connectivity index (χ0v) is 20.9. The molecule has 0 aliphatic rings. The monoisotopic (exact) mass is 459 g/mol. The van der Waals surface area contributed by atoms with Crippen molar-refractivity contribution in [1.29, 1.82) is 0 Å². The van der Waals surface area contributed by atoms with Gasteiger partial charge >= 0.3 is 18.3 Å². The Balaban J connectivity index is 4.89. The van der Waals surface area contributed by atoms with E-state index in [-0.39, 0.29) is 18.5 Å². The molecule has 11 nitrogen and oxygen atoms in total. The molecule has 0 spiro atoms. The molecule has 32 heavy (non-hydrogen) atoms. The highest BCUT2D eigenvalue weighted by molar-refractivity contribution is 5.98. The van der Waals surface area contributed by atoms with Crippen molar-refractivity contribution in [3.8, 4) is 0 Å². The maximum Gasteiger partial charge on any atom is 0.437 e. The summed E-state index contributed by atoms with van der Waals surface area (Å²) in [5.74, 6) is -0.0992. The average molecular weight is 460 g/mol. The molecule has 11 heteroatoms. The smallest absolute Gasteiger partial charge is 0.437 e. The van der Waals surface area contributed by atoms with E-state index >= 15 is 0 Å². The number of rotatable bonds is 6. The summed E-state index contributed by atoms with van der Waals surface area (Å²) in [5, 5.41) is 8.01. The molecule has 0 aromatic carbocycles. The first-order chi connectivity index (χ1) is 14.4. The van der Waals surface area contributed by atoms with Crippen molar-refractivity contribution in [3.05, 3.63) is 0 Å². The molecule has 0 fully saturated rings. The lowest BCUT2D eigenvalue weighted by molar-refractivity contribution is 0.0498. The second-order valence-corrected chi connectivity index (χ2v) is 10.2. The van der Waals surface area contributed by atoms with E-state index < -0.39 is 35.1 Å². The third-order valence-electron chi connectivity index (χ3n) is 3.24. The standard InChI is InChI=1S/C21H41N5O6/c1-19(2,3)30-16(27)24-14(13-22)11-10-12-23-15(25-17(28)31-20(4,5)6)26-18(29)32-21(7,8)9/h14H,10-13,22H2,1-9H3,(H,24,27)(H2,23,25,26,28,29)/t14-/m0/s1. The fourth-order valence-corrected chi connectivity index (χ4v) is 2.17. The highest BCUT2D eigenvalue weighted by Gasteiger charge is 2.21. The number of nitrogens with two attached hydrogens (primary N) is 1. The highest BCUT2D eigenvalue weighted by Crippen LogP contribution is 2.09. The minimum Gasteiger partial charge on any atom is -0.444 e. The first kappa shape index (κ1) is 29.4. The summed E-state index contributed by atoms with van der Waals surface area (Å²) in [6.07, 6.45) is -1.07. The minimum absolute atomic E-state index is 0.0992. The van der Waals surface area contributed by atoms with Gasteiger partial charge in [-0.3, -0.25) is 5.32 Å². The maximum absolute atomic E-state index is 12.1. The van der Waals surface area contributed by atoms with Crippen molar-refractivity contribution in [1.82, 2.24) is 16.0 Å². The predicted molar refractivity (Wildman–Crippen MR) is 122 cm³/mol. The minimum atomic E-state index is -0.859. The molecular formula is C21H41N5O6. The van der Waals surface area contributed by atoms with Crippen molar-refractivity contribution < 1.29 is 28.6 Å². The van der Waals surface area contributed by atoms with Crippen LogP contribution in [0, 0.1) is 0 Å². The van der Waals surface area contributed by atoms with E-state index in [0.29, 0.717) is 19.4 Å². The molecule has 186 valence electrons. The fraction of sp³-hybridized carbons (Fsp3) is 0.810. The highest BCUT2D eigenvalue weighted by atomic mass is 16.6. The summed E-state index contributed by atoms with van der Waals surface area (Å²) in [4.78, 5) is 39.8. The molecule has 0 unspecified atom stereocenters. The lowest BCUT2D eigenvalue weighted by atomic mass is 10.1. The number of aliphatic imine (C=N–C) groups is 1. The number of alkyl carbamates (subject to hydrolysis) is 2. The van der Waals surface area contributed by atoms with Crippen molar-refractivity contribution in [3.63, 3.8) is 0 Å². The van der Waals surface area contributed by atoms with Gasteiger partial charge in [0.05, 0.1) is 0 Å². The number of nitrogens with zero attached hydrogens (tertiary/aromatic N) is 1. The number of ether oxygens (including phenoxy) is 3. The Kier molecular flexibility index (Phi) is 11.5. The van der Waals surface area contributed by atoms with E-state index in [1.165, 1.54) is 0 Å². The molecular weight excluding hydrogens is 418 g/mol. The van der Waals surface area contributed by atoms with E-state index in [0.717, 1.165) is 0 Å². The van der Waals surface area contributed by atoms with Gasteiger partial charge in [0.1, 0.15) is 16.8 Å². The second kappa shape index (κ2) is 12.5. The largest absolute Gasteiger partial charge is 0.444 e. The SMILES string of the molecule is CC(C)(C)OC(=O)/N=C(\NCCC[C@@H](CN)NC(=O)OC(C)(C)C)NC(=O)OC(C)(C)C. The average Bonchev–Trinajstić information content (AvgIpc) is 2.51. The van der Waals surface area contributed by atoms with Gasteiger partial charge in [0.2, 0.25) is 5.96 Å². The van der Waals surface area contributed by atoms with Gasteiger partial charge in [0.15, 0.2) is 0 Å². The number of amides is 3. The molecule has 0 saturated heterocycles. The van der Waals surface area contributed by atoms with Gasteiger partial charge in [-0.05, 0) is 75.2 Å². The van der Waals surface area contributed by atoms with Gasteiger partial charge < -0.3 is 30.6 Å². The molecule has 0 aromatic rings. The Hall–Kier alpha value is -2.56. The van der Waals surface area contributed by atoms with Crippen LogP contribution in [0.1, 0.15) is 75.2 Å². The summed E-state index contributed by atoms with van der Waals surface area (Å²) in [6.45, 7) is 16.2. The van der Waals surface area contributed by atoms with Crippen LogP contribution in [0.4, 0.5) is 14.4 Å². The maximum atomic E-state index is 12.1. The van der Waals surface area contributed by atoms with E-state index in [1.54, 1.807) is 62.3 Å². The predicted octanol–water partition coefficient (Wildman–Crippen LogP) is 3.02. The van der Waals surface area contributed by atoms with E-state index in [4.69, 9.17) is 19.9 Å². The zero-order valence-electron chi connectivity index (χ0n) is 20.9. The summed E-state index contributed by atoms with van der Waals surface area (Å²) in [7, 11) is 0. The Morgan fingerprint density at radius 3 is 1.81 bits per heavy atom. The molecule has 0 aliphatic heterocycles. The van der Waals surface area contributed by atoms with E-state index in [1.807, 2.05) is 0 Å². The molecule has 0 aliphatic carbocycles. The summed E-state index contributed by atoms with van der Waals surface area (Å²) in [6, 6.07) is -0.295. The molecule has 0 aromatic heterocycles. The van der Waals surface area contributed by atoms with Crippen LogP contribution in [0.5, 0.6) is 0 Å². The fourth-order valence-electron chi connectivity index (χ4n) is 2.17. The van der Waals surface area contributed by atoms with Crippen LogP contribution in [0.15, 0.2) is 4.99 Å². The van der Waals surface area contributed by atoms with Crippen LogP contribution in [-0.2, 0) is 14.2 Å². The first-order valence-corrected chi connectivity index (χ1v) is 10.7. The van der Waals surface area contributed by atoms with Crippen molar-refractivity contribution in [2.24, 2.45) is 10.7 Å². The number of carbonyl (C=O) groups excluding carboxylic acids is 3. The number of hydrogen-bond acceptors (Lipinski definition) is 7. The van der Waals surface area contributed by atoms with Crippen LogP contribution in [0.2, 0.25) is 0 Å².